The van der Waals surface area contributed by atoms with Crippen molar-refractivity contribution >= 4 is 23.6 Å². The lowest BCUT2D eigenvalue weighted by Crippen LogP contribution is -2.65. The SMILES string of the molecule is CC(=O)N(CC[C@@]12CC[C@]3(C)[C@H](CCC4[C@@]5(C)CC[C@H](OC(=O)CC(C)(C)C(=O)O)C(C)(C)C5CC[C@]43C)C1=C(C(C)C)C(=O)C2)Cc1ccccc1. The number of amides is 1. The van der Waals surface area contributed by atoms with Crippen LogP contribution in [0.15, 0.2) is 41.5 Å². The number of esters is 1. The molecule has 4 fully saturated rings. The average molecular weight is 730 g/mol. The van der Waals surface area contributed by atoms with Gasteiger partial charge in [0.15, 0.2) is 5.78 Å². The summed E-state index contributed by atoms with van der Waals surface area (Å²) in [6.07, 6.45) is 9.32. The molecule has 0 aromatic heterocycles. The number of allylic oxidation sites excluding steroid dienone is 2. The maximum absolute atomic E-state index is 14.1. The van der Waals surface area contributed by atoms with Crippen molar-refractivity contribution in [1.29, 1.82) is 0 Å². The lowest BCUT2D eigenvalue weighted by molar-refractivity contribution is -0.233. The molecule has 0 radical (unpaired) electrons. The van der Waals surface area contributed by atoms with Crippen molar-refractivity contribution in [2.45, 2.75) is 153 Å². The first-order valence-electron chi connectivity index (χ1n) is 20.6. The van der Waals surface area contributed by atoms with Gasteiger partial charge in [0.05, 0.1) is 11.8 Å². The third-order valence-electron chi connectivity index (χ3n) is 16.5. The quantitative estimate of drug-likeness (QED) is 0.241. The van der Waals surface area contributed by atoms with Gasteiger partial charge in [0.25, 0.3) is 0 Å². The molecular weight excluding hydrogens is 663 g/mol. The summed E-state index contributed by atoms with van der Waals surface area (Å²) < 4.78 is 6.18. The van der Waals surface area contributed by atoms with Gasteiger partial charge in [-0.15, -0.1) is 0 Å². The average Bonchev–Trinajstić information content (AvgIpc) is 3.37. The van der Waals surface area contributed by atoms with Gasteiger partial charge in [-0.05, 0) is 123 Å². The van der Waals surface area contributed by atoms with E-state index in [4.69, 9.17) is 4.74 Å². The number of rotatable bonds is 10. The summed E-state index contributed by atoms with van der Waals surface area (Å²) in [5.74, 6) is 0.447. The number of ketones is 1. The molecule has 5 aliphatic carbocycles. The second kappa shape index (κ2) is 13.7. The Morgan fingerprint density at radius 1 is 0.906 bits per heavy atom. The molecule has 7 nitrogen and oxygen atoms in total. The van der Waals surface area contributed by atoms with Gasteiger partial charge < -0.3 is 14.7 Å². The van der Waals surface area contributed by atoms with E-state index in [2.05, 4.69) is 60.6 Å². The summed E-state index contributed by atoms with van der Waals surface area (Å²) in [4.78, 5) is 53.9. The van der Waals surface area contributed by atoms with Crippen LogP contribution in [0, 0.1) is 56.2 Å². The van der Waals surface area contributed by atoms with Gasteiger partial charge in [0.1, 0.15) is 6.10 Å². The van der Waals surface area contributed by atoms with Crippen LogP contribution in [0.1, 0.15) is 145 Å². The van der Waals surface area contributed by atoms with E-state index < -0.39 is 17.4 Å². The van der Waals surface area contributed by atoms with Gasteiger partial charge in [-0.1, -0.05) is 84.4 Å². The molecule has 0 saturated heterocycles. The third kappa shape index (κ3) is 6.42. The lowest BCUT2D eigenvalue weighted by atomic mass is 9.33. The number of hydrogen-bond donors (Lipinski definition) is 1. The normalized spacial score (nSPS) is 36.2. The Balaban J connectivity index is 1.27. The standard InChI is InChI=1S/C46H67NO6/c1-29(2)38-33(49)26-46(24-25-47(30(3)48)28-31-14-12-11-13-15-31)23-22-44(9)32(39(38)46)16-17-35-43(8)20-19-36(53-37(50)27-41(4,5)40(51)52)42(6,7)34(43)18-21-45(35,44)10/h11-15,29,32,34-36H,16-28H2,1-10H3,(H,51,52)/t32-,34?,35?,36+,43+,44-,45-,46-/m1/s1. The number of aliphatic carboxylic acids is 1. The molecule has 6 rings (SSSR count). The Morgan fingerprint density at radius 3 is 2.21 bits per heavy atom. The maximum atomic E-state index is 14.1. The number of fused-ring (bicyclic) bond motifs is 7. The van der Waals surface area contributed by atoms with E-state index >= 15 is 0 Å². The highest BCUT2D eigenvalue weighted by molar-refractivity contribution is 6.00. The lowest BCUT2D eigenvalue weighted by Gasteiger charge is -2.72. The fourth-order valence-electron chi connectivity index (χ4n) is 13.4. The van der Waals surface area contributed by atoms with Crippen LogP contribution in [-0.4, -0.2) is 46.3 Å². The smallest absolute Gasteiger partial charge is 0.309 e. The van der Waals surface area contributed by atoms with E-state index in [0.29, 0.717) is 43.0 Å². The van der Waals surface area contributed by atoms with E-state index in [1.807, 2.05) is 23.1 Å². The van der Waals surface area contributed by atoms with Crippen molar-refractivity contribution in [3.63, 3.8) is 0 Å². The monoisotopic (exact) mass is 729 g/mol. The summed E-state index contributed by atoms with van der Waals surface area (Å²) in [5.41, 5.74) is 2.33. The fourth-order valence-corrected chi connectivity index (χ4v) is 13.4. The van der Waals surface area contributed by atoms with Crippen molar-refractivity contribution in [2.75, 3.05) is 6.54 Å². The fraction of sp³-hybridized carbons (Fsp3) is 0.739. The van der Waals surface area contributed by atoms with Crippen LogP contribution in [0.2, 0.25) is 0 Å². The summed E-state index contributed by atoms with van der Waals surface area (Å²) in [7, 11) is 0. The van der Waals surface area contributed by atoms with Gasteiger partial charge in [-0.3, -0.25) is 19.2 Å². The molecule has 292 valence electrons. The zero-order valence-corrected chi connectivity index (χ0v) is 34.4. The highest BCUT2D eigenvalue weighted by Crippen LogP contribution is 2.77. The van der Waals surface area contributed by atoms with E-state index in [-0.39, 0.29) is 51.4 Å². The molecule has 8 atom stereocenters. The molecule has 2 unspecified atom stereocenters. The van der Waals surface area contributed by atoms with Crippen molar-refractivity contribution in [3.05, 3.63) is 47.0 Å². The second-order valence-electron chi connectivity index (χ2n) is 20.4. The summed E-state index contributed by atoms with van der Waals surface area (Å²) >= 11 is 0. The highest BCUT2D eigenvalue weighted by Gasteiger charge is 2.70. The molecule has 0 spiro atoms. The molecular formula is C46H67NO6. The molecule has 53 heavy (non-hydrogen) atoms. The number of carbonyl (C=O) groups is 4. The van der Waals surface area contributed by atoms with Crippen LogP contribution in [-0.2, 0) is 30.5 Å². The maximum Gasteiger partial charge on any atom is 0.309 e. The van der Waals surface area contributed by atoms with Gasteiger partial charge in [0, 0.05) is 37.3 Å². The van der Waals surface area contributed by atoms with Crippen LogP contribution in [0.4, 0.5) is 0 Å². The van der Waals surface area contributed by atoms with Gasteiger partial charge in [0.2, 0.25) is 5.91 Å². The summed E-state index contributed by atoms with van der Waals surface area (Å²) in [6, 6.07) is 10.2. The Hall–Kier alpha value is -2.96. The van der Waals surface area contributed by atoms with Crippen molar-refractivity contribution in [1.82, 2.24) is 4.90 Å². The largest absolute Gasteiger partial charge is 0.481 e. The number of carboxylic acid groups (broad SMARTS) is 1. The minimum Gasteiger partial charge on any atom is -0.481 e. The van der Waals surface area contributed by atoms with Crippen LogP contribution in [0.25, 0.3) is 0 Å². The number of carboxylic acids is 1. The minimum atomic E-state index is -1.16. The van der Waals surface area contributed by atoms with Crippen LogP contribution < -0.4 is 0 Å². The first-order valence-corrected chi connectivity index (χ1v) is 20.6. The summed E-state index contributed by atoms with van der Waals surface area (Å²) in [5, 5.41) is 9.62. The van der Waals surface area contributed by atoms with Crippen LogP contribution in [0.3, 0.4) is 0 Å². The zero-order chi connectivity index (χ0) is 38.9. The highest BCUT2D eigenvalue weighted by atomic mass is 16.5. The molecule has 4 saturated carbocycles. The molecule has 1 aromatic carbocycles. The number of hydrogen-bond acceptors (Lipinski definition) is 5. The Labute approximate surface area is 319 Å². The van der Waals surface area contributed by atoms with Crippen molar-refractivity contribution in [3.8, 4) is 0 Å². The van der Waals surface area contributed by atoms with E-state index in [1.54, 1.807) is 20.8 Å². The number of ether oxygens (including phenoxy) is 1. The molecule has 0 bridgehead atoms. The number of benzene rings is 1. The molecule has 0 heterocycles. The Morgan fingerprint density at radius 2 is 1.58 bits per heavy atom. The van der Waals surface area contributed by atoms with Crippen molar-refractivity contribution in [2.24, 2.45) is 56.2 Å². The topological polar surface area (TPSA) is 101 Å². The van der Waals surface area contributed by atoms with Gasteiger partial charge >= 0.3 is 11.9 Å². The van der Waals surface area contributed by atoms with E-state index in [9.17, 15) is 24.3 Å². The Bertz CT molecular complexity index is 1660. The molecule has 1 amide bonds. The predicted molar refractivity (Wildman–Crippen MR) is 207 cm³/mol. The van der Waals surface area contributed by atoms with Crippen LogP contribution >= 0.6 is 0 Å². The van der Waals surface area contributed by atoms with Gasteiger partial charge in [-0.25, -0.2) is 0 Å². The third-order valence-corrected chi connectivity index (χ3v) is 16.5. The zero-order valence-electron chi connectivity index (χ0n) is 34.4. The molecule has 5 aliphatic rings. The first-order chi connectivity index (χ1) is 24.6. The molecule has 1 N–H and O–H groups in total. The van der Waals surface area contributed by atoms with E-state index in [0.717, 1.165) is 68.9 Å². The molecule has 7 heteroatoms. The molecule has 0 aliphatic heterocycles. The Kier molecular flexibility index (Phi) is 10.2. The molecule has 1 aromatic rings. The number of carbonyl (C=O) groups excluding carboxylic acids is 3. The van der Waals surface area contributed by atoms with Gasteiger partial charge in [-0.2, -0.15) is 0 Å². The second-order valence-corrected chi connectivity index (χ2v) is 20.4. The predicted octanol–water partition coefficient (Wildman–Crippen LogP) is 9.82. The summed E-state index contributed by atoms with van der Waals surface area (Å²) in [6.45, 7) is 22.8. The first kappa shape index (κ1) is 39.7. The number of Topliss-reactive ketones (excluding diaryl/α,β-unsaturated/α-hetero) is 1. The van der Waals surface area contributed by atoms with Crippen LogP contribution in [0.5, 0.6) is 0 Å². The van der Waals surface area contributed by atoms with Crippen molar-refractivity contribution < 1.29 is 29.0 Å². The number of nitrogens with zero attached hydrogens (tertiary/aromatic N) is 1. The minimum absolute atomic E-state index is 0.0493. The van der Waals surface area contributed by atoms with E-state index in [1.165, 1.54) is 5.57 Å².